The summed E-state index contributed by atoms with van der Waals surface area (Å²) in [5, 5.41) is 6.95. The van der Waals surface area contributed by atoms with E-state index < -0.39 is 0 Å². The number of aromatic nitrogens is 4. The smallest absolute Gasteiger partial charge is 0.164 e. The first kappa shape index (κ1) is 27.2. The van der Waals surface area contributed by atoms with Crippen molar-refractivity contribution in [3.8, 4) is 51.0 Å². The van der Waals surface area contributed by atoms with E-state index in [2.05, 4.69) is 72.8 Å². The lowest BCUT2D eigenvalue weighted by atomic mass is 9.98. The van der Waals surface area contributed by atoms with E-state index in [0.29, 0.717) is 39.8 Å². The lowest BCUT2D eigenvalue weighted by Gasteiger charge is -2.17. The molecule has 3 heterocycles. The predicted octanol–water partition coefficient (Wildman–Crippen LogP) is 14.3. The maximum atomic E-state index is 9.27. The van der Waals surface area contributed by atoms with E-state index in [1.807, 2.05) is 72.8 Å². The van der Waals surface area contributed by atoms with E-state index >= 15 is 0 Å². The summed E-state index contributed by atoms with van der Waals surface area (Å²) in [4.78, 5) is 15.5. The molecule has 0 amide bonds. The number of hydrogen-bond acceptors (Lipinski definition) is 4. The summed E-state index contributed by atoms with van der Waals surface area (Å²) in [6, 6.07) is 51.2. The van der Waals surface area contributed by atoms with Gasteiger partial charge in [-0.3, -0.25) is 0 Å². The quantitative estimate of drug-likeness (QED) is 0.175. The second-order valence-electron chi connectivity index (χ2n) is 14.3. The van der Waals surface area contributed by atoms with Crippen LogP contribution in [0.25, 0.3) is 115 Å². The third-order valence-electron chi connectivity index (χ3n) is 11.0. The Morgan fingerprint density at radius 3 is 1.59 bits per heavy atom. The second kappa shape index (κ2) is 13.1. The van der Waals surface area contributed by atoms with Gasteiger partial charge in [0.1, 0.15) is 0 Å². The molecule has 0 aliphatic heterocycles. The van der Waals surface area contributed by atoms with Crippen LogP contribution in [0, 0.1) is 0 Å². The van der Waals surface area contributed by atoms with Crippen molar-refractivity contribution in [2.24, 2.45) is 0 Å². The van der Waals surface area contributed by atoms with Gasteiger partial charge in [0.2, 0.25) is 0 Å². The molecule has 0 saturated carbocycles. The third-order valence-corrected chi connectivity index (χ3v) is 12.2. The first-order valence-electron chi connectivity index (χ1n) is 22.0. The SMILES string of the molecule is [2H]c1cc([2H])c2c(c1[2H])c1c([2H])c([2H])cc([2H])c1n2-c1ccc(-c2nc(-c3ccc4ccccc4c3)nc(-c3ccc4ccccc4c3)n2)cc1-c1cccc2c1sc1ccccc12. The summed E-state index contributed by atoms with van der Waals surface area (Å²) >= 11 is 1.68. The highest BCUT2D eigenvalue weighted by Crippen LogP contribution is 2.44. The van der Waals surface area contributed by atoms with Gasteiger partial charge in [-0.1, -0.05) is 145 Å². The molecule has 0 aliphatic carbocycles. The van der Waals surface area contributed by atoms with E-state index in [1.54, 1.807) is 15.9 Å². The van der Waals surface area contributed by atoms with Gasteiger partial charge < -0.3 is 4.57 Å². The molecule has 4 nitrogen and oxygen atoms in total. The van der Waals surface area contributed by atoms with E-state index in [4.69, 9.17) is 20.4 Å². The van der Waals surface area contributed by atoms with Gasteiger partial charge in [0, 0.05) is 58.8 Å². The molecule has 3 aromatic heterocycles. The minimum absolute atomic E-state index is 0.0230. The number of nitrogens with zero attached hydrogens (tertiary/aromatic N) is 4. The summed E-state index contributed by atoms with van der Waals surface area (Å²) in [6.07, 6.45) is 0. The molecule has 0 atom stereocenters. The minimum atomic E-state index is -0.164. The Kier molecular flexibility index (Phi) is 6.12. The molecular formula is C53H32N4S. The van der Waals surface area contributed by atoms with Crippen molar-refractivity contribution < 1.29 is 8.22 Å². The summed E-state index contributed by atoms with van der Waals surface area (Å²) in [6.45, 7) is 0. The third kappa shape index (κ3) is 5.25. The maximum absolute atomic E-state index is 9.27. The van der Waals surface area contributed by atoms with Crippen LogP contribution >= 0.6 is 11.3 Å². The average molecular weight is 763 g/mol. The van der Waals surface area contributed by atoms with Crippen LogP contribution in [-0.2, 0) is 0 Å². The molecule has 0 saturated heterocycles. The van der Waals surface area contributed by atoms with Crippen LogP contribution in [0.1, 0.15) is 8.22 Å². The molecule has 0 radical (unpaired) electrons. The van der Waals surface area contributed by atoms with Crippen molar-refractivity contribution in [3.63, 3.8) is 0 Å². The first-order chi connectivity index (χ1) is 31.2. The highest BCUT2D eigenvalue weighted by molar-refractivity contribution is 7.26. The molecule has 0 aliphatic rings. The van der Waals surface area contributed by atoms with Crippen molar-refractivity contribution in [2.75, 3.05) is 0 Å². The number of benzene rings is 9. The fourth-order valence-electron chi connectivity index (χ4n) is 8.22. The Morgan fingerprint density at radius 1 is 0.414 bits per heavy atom. The van der Waals surface area contributed by atoms with Crippen LogP contribution in [0.4, 0.5) is 0 Å². The zero-order chi connectivity index (χ0) is 43.4. The van der Waals surface area contributed by atoms with Gasteiger partial charge in [0.25, 0.3) is 0 Å². The topological polar surface area (TPSA) is 43.6 Å². The highest BCUT2D eigenvalue weighted by atomic mass is 32.1. The van der Waals surface area contributed by atoms with Gasteiger partial charge >= 0.3 is 0 Å². The Morgan fingerprint density at radius 2 is 0.948 bits per heavy atom. The van der Waals surface area contributed by atoms with Crippen molar-refractivity contribution in [3.05, 3.63) is 194 Å². The van der Waals surface area contributed by atoms with Gasteiger partial charge in [0.05, 0.1) is 24.9 Å². The van der Waals surface area contributed by atoms with Gasteiger partial charge in [-0.05, 0) is 70.0 Å². The standard InChI is InChI=1S/C53H32N4S/c1-3-14-35-30-37(26-24-33(35)12-1)51-54-52(38-27-25-34-13-2-4-15-36(34)31-38)56-53(55-51)39-28-29-48(57-46-21-8-5-16-40(46)41-17-6-9-22-47(41)57)45(32-39)44-20-11-19-43-42-18-7-10-23-49(42)58-50(43)44/h1-32H/i5D,6D,16D,17D,21D,22D. The molecule has 5 heteroatoms. The van der Waals surface area contributed by atoms with Crippen LogP contribution in [-0.4, -0.2) is 19.5 Å². The molecular weight excluding hydrogens is 725 g/mol. The summed E-state index contributed by atoms with van der Waals surface area (Å²) in [7, 11) is 0. The minimum Gasteiger partial charge on any atom is -0.309 e. The highest BCUT2D eigenvalue weighted by Gasteiger charge is 2.21. The van der Waals surface area contributed by atoms with Crippen LogP contribution < -0.4 is 0 Å². The number of hydrogen-bond donors (Lipinski definition) is 0. The predicted molar refractivity (Wildman–Crippen MR) is 244 cm³/mol. The van der Waals surface area contributed by atoms with Crippen LogP contribution in [0.2, 0.25) is 0 Å². The lowest BCUT2D eigenvalue weighted by Crippen LogP contribution is -2.02. The molecule has 0 unspecified atom stereocenters. The fraction of sp³-hybridized carbons (Fsp3) is 0. The lowest BCUT2D eigenvalue weighted by molar-refractivity contribution is 1.07. The zero-order valence-corrected chi connectivity index (χ0v) is 31.5. The van der Waals surface area contributed by atoms with Crippen molar-refractivity contribution >= 4 is 74.9 Å². The summed E-state index contributed by atoms with van der Waals surface area (Å²) in [5.74, 6) is 1.47. The Bertz CT molecular complexity index is 3780. The zero-order valence-electron chi connectivity index (χ0n) is 36.7. The molecule has 0 bridgehead atoms. The molecule has 0 N–H and O–H groups in total. The normalized spacial score (nSPS) is 13.2. The number of para-hydroxylation sites is 2. The molecule has 12 aromatic rings. The average Bonchev–Trinajstić information content (AvgIpc) is 3.90. The van der Waals surface area contributed by atoms with Crippen LogP contribution in [0.3, 0.4) is 0 Å². The van der Waals surface area contributed by atoms with Gasteiger partial charge in [-0.2, -0.15) is 0 Å². The molecule has 0 spiro atoms. The Labute approximate surface area is 346 Å². The van der Waals surface area contributed by atoms with Crippen LogP contribution in [0.15, 0.2) is 194 Å². The Hall–Kier alpha value is -7.47. The van der Waals surface area contributed by atoms with E-state index in [1.165, 1.54) is 12.1 Å². The van der Waals surface area contributed by atoms with E-state index in [9.17, 15) is 2.74 Å². The molecule has 270 valence electrons. The molecule has 58 heavy (non-hydrogen) atoms. The maximum Gasteiger partial charge on any atom is 0.164 e. The molecule has 12 rings (SSSR count). The Balaban J connectivity index is 1.17. The van der Waals surface area contributed by atoms with Gasteiger partial charge in [-0.25, -0.2) is 15.0 Å². The second-order valence-corrected chi connectivity index (χ2v) is 15.4. The van der Waals surface area contributed by atoms with Crippen molar-refractivity contribution in [1.82, 2.24) is 19.5 Å². The van der Waals surface area contributed by atoms with E-state index in [0.717, 1.165) is 64.0 Å². The first-order valence-corrected chi connectivity index (χ1v) is 19.8. The summed E-state index contributed by atoms with van der Waals surface area (Å²) < 4.78 is 57.8. The number of rotatable bonds is 5. The fourth-order valence-corrected chi connectivity index (χ4v) is 9.45. The number of thiophene rings is 1. The van der Waals surface area contributed by atoms with Crippen LogP contribution in [0.5, 0.6) is 0 Å². The number of fused-ring (bicyclic) bond motifs is 8. The van der Waals surface area contributed by atoms with Crippen molar-refractivity contribution in [2.45, 2.75) is 0 Å². The largest absolute Gasteiger partial charge is 0.309 e. The monoisotopic (exact) mass is 762 g/mol. The summed E-state index contributed by atoms with van der Waals surface area (Å²) in [5.41, 5.74) is 5.20. The van der Waals surface area contributed by atoms with Gasteiger partial charge in [-0.15, -0.1) is 11.3 Å². The molecule has 9 aromatic carbocycles. The van der Waals surface area contributed by atoms with Gasteiger partial charge in [0.15, 0.2) is 17.5 Å². The molecule has 0 fully saturated rings. The van der Waals surface area contributed by atoms with Crippen molar-refractivity contribution in [1.29, 1.82) is 0 Å². The van der Waals surface area contributed by atoms with E-state index in [-0.39, 0.29) is 47.0 Å².